The quantitative estimate of drug-likeness (QED) is 0.141. The van der Waals surface area contributed by atoms with E-state index in [0.717, 1.165) is 28.3 Å². The Balaban J connectivity index is 1.05. The molecular weight excluding hydrogens is 797 g/mol. The van der Waals surface area contributed by atoms with Crippen molar-refractivity contribution in [3.63, 3.8) is 0 Å². The van der Waals surface area contributed by atoms with Gasteiger partial charge in [-0.2, -0.15) is 0 Å². The maximum atomic E-state index is 2.41. The fourth-order valence-electron chi connectivity index (χ4n) is 10.0. The van der Waals surface area contributed by atoms with Gasteiger partial charge in [-0.05, 0) is 127 Å². The first kappa shape index (κ1) is 38.9. The lowest BCUT2D eigenvalue weighted by molar-refractivity contribution is 1.17. The second-order valence-electron chi connectivity index (χ2n) is 16.9. The molecule has 0 spiro atoms. The van der Waals surface area contributed by atoms with Crippen molar-refractivity contribution in [2.24, 2.45) is 0 Å². The summed E-state index contributed by atoms with van der Waals surface area (Å²) in [5, 5.41) is 4.97. The Bertz CT molecular complexity index is 3640. The summed E-state index contributed by atoms with van der Waals surface area (Å²) < 4.78 is 2.38. The van der Waals surface area contributed by atoms with Gasteiger partial charge in [-0.3, -0.25) is 0 Å². The molecule has 0 unspecified atom stereocenters. The first-order valence-electron chi connectivity index (χ1n) is 22.7. The minimum atomic E-state index is 1.07. The van der Waals surface area contributed by atoms with Gasteiger partial charge in [0.05, 0.1) is 11.0 Å². The zero-order chi connectivity index (χ0) is 43.8. The SMILES string of the molecule is c1ccc(-c2ccccc2-c2c(-c3ccccc3)cccc2-c2cccc(N(c3ccc(-n4c5ccccc5c5ccccc54)cc3)c3cccc(-c4cccc5ccccc45)c3)c2)cc1. The van der Waals surface area contributed by atoms with Crippen LogP contribution in [0, 0.1) is 0 Å². The van der Waals surface area contributed by atoms with Gasteiger partial charge in [0, 0.05) is 33.5 Å². The molecule has 0 aliphatic rings. The maximum absolute atomic E-state index is 2.41. The van der Waals surface area contributed by atoms with Crippen molar-refractivity contribution in [3.8, 4) is 61.3 Å². The van der Waals surface area contributed by atoms with E-state index in [0.29, 0.717) is 0 Å². The van der Waals surface area contributed by atoms with Gasteiger partial charge in [-0.25, -0.2) is 0 Å². The summed E-state index contributed by atoms with van der Waals surface area (Å²) in [4.78, 5) is 2.41. The molecule has 66 heavy (non-hydrogen) atoms. The van der Waals surface area contributed by atoms with Crippen molar-refractivity contribution in [1.82, 2.24) is 4.57 Å². The first-order valence-corrected chi connectivity index (χ1v) is 22.7. The molecule has 0 N–H and O–H groups in total. The normalized spacial score (nSPS) is 11.3. The van der Waals surface area contributed by atoms with Crippen molar-refractivity contribution in [3.05, 3.63) is 267 Å². The van der Waals surface area contributed by atoms with Crippen LogP contribution in [-0.2, 0) is 0 Å². The molecule has 2 nitrogen and oxygen atoms in total. The van der Waals surface area contributed by atoms with Gasteiger partial charge < -0.3 is 9.47 Å². The number of rotatable bonds is 9. The van der Waals surface area contributed by atoms with Crippen LogP contribution < -0.4 is 4.90 Å². The van der Waals surface area contributed by atoms with E-state index in [9.17, 15) is 0 Å². The predicted octanol–water partition coefficient (Wildman–Crippen LogP) is 17.7. The van der Waals surface area contributed by atoms with E-state index in [1.54, 1.807) is 0 Å². The lowest BCUT2D eigenvalue weighted by atomic mass is 9.84. The summed E-state index contributed by atoms with van der Waals surface area (Å²) in [7, 11) is 0. The molecule has 0 aliphatic heterocycles. The second kappa shape index (κ2) is 16.8. The molecule has 0 saturated heterocycles. The van der Waals surface area contributed by atoms with Gasteiger partial charge in [-0.1, -0.05) is 206 Å². The Kier molecular flexibility index (Phi) is 9.89. The molecule has 0 fully saturated rings. The fourth-order valence-corrected chi connectivity index (χ4v) is 10.0. The van der Waals surface area contributed by atoms with Crippen molar-refractivity contribution < 1.29 is 0 Å². The number of aromatic nitrogens is 1. The zero-order valence-corrected chi connectivity index (χ0v) is 36.3. The van der Waals surface area contributed by atoms with Gasteiger partial charge in [0.1, 0.15) is 0 Å². The number of fused-ring (bicyclic) bond motifs is 4. The van der Waals surface area contributed by atoms with Crippen LogP contribution in [0.1, 0.15) is 0 Å². The van der Waals surface area contributed by atoms with E-state index in [-0.39, 0.29) is 0 Å². The number of para-hydroxylation sites is 2. The molecular formula is C64H44N2. The van der Waals surface area contributed by atoms with Crippen LogP contribution in [0.15, 0.2) is 267 Å². The molecule has 0 bridgehead atoms. The van der Waals surface area contributed by atoms with E-state index in [1.165, 1.54) is 82.6 Å². The molecule has 12 aromatic rings. The largest absolute Gasteiger partial charge is 0.310 e. The highest BCUT2D eigenvalue weighted by molar-refractivity contribution is 6.09. The van der Waals surface area contributed by atoms with Crippen LogP contribution in [0.2, 0.25) is 0 Å². The molecule has 0 amide bonds. The van der Waals surface area contributed by atoms with Crippen LogP contribution in [0.3, 0.4) is 0 Å². The fraction of sp³-hybridized carbons (Fsp3) is 0. The number of nitrogens with zero attached hydrogens (tertiary/aromatic N) is 2. The minimum Gasteiger partial charge on any atom is -0.310 e. The minimum absolute atomic E-state index is 1.07. The summed E-state index contributed by atoms with van der Waals surface area (Å²) in [6.45, 7) is 0. The smallest absolute Gasteiger partial charge is 0.0541 e. The summed E-state index contributed by atoms with van der Waals surface area (Å²) in [6, 6.07) is 97.0. The van der Waals surface area contributed by atoms with Crippen LogP contribution >= 0.6 is 0 Å². The number of benzene rings is 11. The van der Waals surface area contributed by atoms with Crippen molar-refractivity contribution >= 4 is 49.6 Å². The molecule has 2 heteroatoms. The molecule has 12 rings (SSSR count). The van der Waals surface area contributed by atoms with Crippen molar-refractivity contribution in [2.75, 3.05) is 4.90 Å². The summed E-state index contributed by atoms with van der Waals surface area (Å²) >= 11 is 0. The average Bonchev–Trinajstić information content (AvgIpc) is 3.73. The Morgan fingerprint density at radius 1 is 0.258 bits per heavy atom. The first-order chi connectivity index (χ1) is 32.8. The van der Waals surface area contributed by atoms with E-state index in [1.807, 2.05) is 0 Å². The van der Waals surface area contributed by atoms with Gasteiger partial charge >= 0.3 is 0 Å². The lowest BCUT2D eigenvalue weighted by Crippen LogP contribution is -2.10. The van der Waals surface area contributed by atoms with Crippen molar-refractivity contribution in [2.45, 2.75) is 0 Å². The van der Waals surface area contributed by atoms with Gasteiger partial charge in [0.2, 0.25) is 0 Å². The predicted molar refractivity (Wildman–Crippen MR) is 280 cm³/mol. The second-order valence-corrected chi connectivity index (χ2v) is 16.9. The molecule has 0 aliphatic carbocycles. The highest BCUT2D eigenvalue weighted by Crippen LogP contribution is 2.46. The highest BCUT2D eigenvalue weighted by Gasteiger charge is 2.21. The molecule has 11 aromatic carbocycles. The van der Waals surface area contributed by atoms with E-state index in [2.05, 4.69) is 276 Å². The topological polar surface area (TPSA) is 8.17 Å². The Morgan fingerprint density at radius 3 is 1.33 bits per heavy atom. The van der Waals surface area contributed by atoms with Gasteiger partial charge in [0.25, 0.3) is 0 Å². The molecule has 0 saturated carbocycles. The van der Waals surface area contributed by atoms with Crippen LogP contribution in [0.25, 0.3) is 93.9 Å². The molecule has 1 aromatic heterocycles. The Labute approximate surface area is 385 Å². The summed E-state index contributed by atoms with van der Waals surface area (Å²) in [5.74, 6) is 0. The lowest BCUT2D eigenvalue weighted by Gasteiger charge is -2.27. The number of hydrogen-bond acceptors (Lipinski definition) is 1. The highest BCUT2D eigenvalue weighted by atomic mass is 15.1. The molecule has 310 valence electrons. The third-order valence-electron chi connectivity index (χ3n) is 13.0. The van der Waals surface area contributed by atoms with Crippen LogP contribution in [0.5, 0.6) is 0 Å². The molecule has 0 radical (unpaired) electrons. The molecule has 0 atom stereocenters. The molecule has 1 heterocycles. The maximum Gasteiger partial charge on any atom is 0.0541 e. The summed E-state index contributed by atoms with van der Waals surface area (Å²) in [5.41, 5.74) is 18.6. The Morgan fingerprint density at radius 2 is 0.682 bits per heavy atom. The van der Waals surface area contributed by atoms with E-state index >= 15 is 0 Å². The Hall–Kier alpha value is -8.72. The van der Waals surface area contributed by atoms with Crippen LogP contribution in [-0.4, -0.2) is 4.57 Å². The average molecular weight is 841 g/mol. The standard InChI is InChI=1S/C64H44N2/c1-3-19-45(20-4-1)55-30-9-10-33-61(55)64-57(47-21-5-2-6-22-47)35-18-36-58(64)49-26-16-28-53(44-49)65(52-27-15-25-48(43-52)56-34-17-24-46-23-7-8-29-54(46)56)50-39-41-51(42-40-50)66-62-37-13-11-31-59(62)60-32-12-14-38-63(60)66/h1-44H. The monoisotopic (exact) mass is 840 g/mol. The third kappa shape index (κ3) is 6.93. The van der Waals surface area contributed by atoms with Gasteiger partial charge in [-0.15, -0.1) is 0 Å². The van der Waals surface area contributed by atoms with Crippen LogP contribution in [0.4, 0.5) is 17.1 Å². The third-order valence-corrected chi connectivity index (χ3v) is 13.0. The van der Waals surface area contributed by atoms with Gasteiger partial charge in [0.15, 0.2) is 0 Å². The summed E-state index contributed by atoms with van der Waals surface area (Å²) in [6.07, 6.45) is 0. The number of hydrogen-bond donors (Lipinski definition) is 0. The number of anilines is 3. The van der Waals surface area contributed by atoms with E-state index < -0.39 is 0 Å². The zero-order valence-electron chi connectivity index (χ0n) is 36.3. The van der Waals surface area contributed by atoms with Crippen molar-refractivity contribution in [1.29, 1.82) is 0 Å². The van der Waals surface area contributed by atoms with E-state index in [4.69, 9.17) is 0 Å².